The summed E-state index contributed by atoms with van der Waals surface area (Å²) in [6.07, 6.45) is 6.33. The maximum Gasteiger partial charge on any atom is 0.308 e. The number of hydrogen-bond acceptors (Lipinski definition) is 4. The Labute approximate surface area is 135 Å². The van der Waals surface area contributed by atoms with Gasteiger partial charge in [0.15, 0.2) is 11.6 Å². The fraction of sp³-hybridized carbons (Fsp3) is 0.529. The molecule has 1 aromatic rings. The Balaban J connectivity index is 2.05. The third-order valence-electron chi connectivity index (χ3n) is 4.19. The maximum absolute atomic E-state index is 14.2. The zero-order chi connectivity index (χ0) is 16.8. The van der Waals surface area contributed by atoms with E-state index in [1.807, 2.05) is 0 Å². The summed E-state index contributed by atoms with van der Waals surface area (Å²) in [7, 11) is 0. The van der Waals surface area contributed by atoms with Gasteiger partial charge in [0.1, 0.15) is 0 Å². The zero-order valence-electron chi connectivity index (χ0n) is 13.3. The molecule has 1 fully saturated rings. The smallest absolute Gasteiger partial charge is 0.308 e. The van der Waals surface area contributed by atoms with Gasteiger partial charge in [-0.25, -0.2) is 4.39 Å². The van der Waals surface area contributed by atoms with Crippen LogP contribution in [0.3, 0.4) is 0 Å². The van der Waals surface area contributed by atoms with Gasteiger partial charge in [0, 0.05) is 6.92 Å². The van der Waals surface area contributed by atoms with E-state index in [9.17, 15) is 14.0 Å². The summed E-state index contributed by atoms with van der Waals surface area (Å²) in [6, 6.07) is 3.59. The lowest BCUT2D eigenvalue weighted by molar-refractivity contribution is -0.132. The third kappa shape index (κ3) is 4.76. The first kappa shape index (κ1) is 17.4. The van der Waals surface area contributed by atoms with Gasteiger partial charge in [0.2, 0.25) is 5.91 Å². The Kier molecular flexibility index (Phi) is 6.10. The van der Waals surface area contributed by atoms with Gasteiger partial charge in [0.05, 0.1) is 11.7 Å². The van der Waals surface area contributed by atoms with Crippen LogP contribution in [0.1, 0.15) is 45.4 Å². The molecule has 1 aliphatic carbocycles. The number of benzene rings is 1. The average Bonchev–Trinajstić information content (AvgIpc) is 2.79. The molecule has 126 valence electrons. The van der Waals surface area contributed by atoms with E-state index in [-0.39, 0.29) is 17.4 Å². The van der Waals surface area contributed by atoms with E-state index in [0.717, 1.165) is 25.7 Å². The number of amides is 1. The van der Waals surface area contributed by atoms with Crippen LogP contribution in [-0.4, -0.2) is 17.9 Å². The molecule has 6 heteroatoms. The predicted molar refractivity (Wildman–Crippen MR) is 85.5 cm³/mol. The van der Waals surface area contributed by atoms with Crippen LogP contribution in [0.15, 0.2) is 18.2 Å². The van der Waals surface area contributed by atoms with Crippen LogP contribution in [0.5, 0.6) is 5.75 Å². The Morgan fingerprint density at radius 3 is 2.52 bits per heavy atom. The predicted octanol–water partition coefficient (Wildman–Crippen LogP) is 2.99. The number of esters is 1. The van der Waals surface area contributed by atoms with Crippen LogP contribution in [0, 0.1) is 11.7 Å². The van der Waals surface area contributed by atoms with E-state index in [1.165, 1.54) is 38.0 Å². The van der Waals surface area contributed by atoms with Crippen molar-refractivity contribution < 1.29 is 18.7 Å². The number of anilines is 1. The highest BCUT2D eigenvalue weighted by Crippen LogP contribution is 2.27. The largest absolute Gasteiger partial charge is 0.423 e. The van der Waals surface area contributed by atoms with Gasteiger partial charge < -0.3 is 15.8 Å². The average molecular weight is 322 g/mol. The second-order valence-corrected chi connectivity index (χ2v) is 5.98. The summed E-state index contributed by atoms with van der Waals surface area (Å²) in [5, 5.41) is 2.51. The topological polar surface area (TPSA) is 81.4 Å². The summed E-state index contributed by atoms with van der Waals surface area (Å²) in [6.45, 7) is 1.19. The summed E-state index contributed by atoms with van der Waals surface area (Å²) >= 11 is 0. The SMILES string of the molecule is CC(=O)Oc1cccc(NC(=O)[C@@H](N)C2CCCCCC2)c1F. The zero-order valence-corrected chi connectivity index (χ0v) is 13.3. The molecule has 1 amide bonds. The van der Waals surface area contributed by atoms with Crippen LogP contribution >= 0.6 is 0 Å². The molecule has 0 aromatic heterocycles. The Morgan fingerprint density at radius 2 is 1.91 bits per heavy atom. The number of carbonyl (C=O) groups is 2. The Bertz CT molecular complexity index is 569. The highest BCUT2D eigenvalue weighted by Gasteiger charge is 2.26. The Hall–Kier alpha value is -1.95. The first-order valence-electron chi connectivity index (χ1n) is 8.02. The molecule has 5 nitrogen and oxygen atoms in total. The second-order valence-electron chi connectivity index (χ2n) is 5.98. The van der Waals surface area contributed by atoms with Gasteiger partial charge in [-0.1, -0.05) is 31.7 Å². The molecular formula is C17H23FN2O3. The summed E-state index contributed by atoms with van der Waals surface area (Å²) in [5.74, 6) is -1.89. The molecule has 0 unspecified atom stereocenters. The van der Waals surface area contributed by atoms with Crippen molar-refractivity contribution >= 4 is 17.6 Å². The number of nitrogens with two attached hydrogens (primary N) is 1. The van der Waals surface area contributed by atoms with Gasteiger partial charge in [0.25, 0.3) is 0 Å². The van der Waals surface area contributed by atoms with Crippen molar-refractivity contribution in [2.75, 3.05) is 5.32 Å². The van der Waals surface area contributed by atoms with E-state index >= 15 is 0 Å². The highest BCUT2D eigenvalue weighted by atomic mass is 19.1. The van der Waals surface area contributed by atoms with Crippen LogP contribution in [0.2, 0.25) is 0 Å². The van der Waals surface area contributed by atoms with Gasteiger partial charge in [-0.05, 0) is 30.9 Å². The van der Waals surface area contributed by atoms with Crippen molar-refractivity contribution in [2.45, 2.75) is 51.5 Å². The van der Waals surface area contributed by atoms with Gasteiger partial charge >= 0.3 is 5.97 Å². The van der Waals surface area contributed by atoms with Crippen molar-refractivity contribution in [3.05, 3.63) is 24.0 Å². The normalized spacial score (nSPS) is 17.2. The lowest BCUT2D eigenvalue weighted by Crippen LogP contribution is -2.42. The van der Waals surface area contributed by atoms with Crippen LogP contribution in [0.25, 0.3) is 0 Å². The van der Waals surface area contributed by atoms with E-state index in [1.54, 1.807) is 0 Å². The molecule has 0 spiro atoms. The number of nitrogens with one attached hydrogen (secondary N) is 1. The molecule has 1 saturated carbocycles. The van der Waals surface area contributed by atoms with E-state index < -0.39 is 23.7 Å². The van der Waals surface area contributed by atoms with Gasteiger partial charge in [-0.2, -0.15) is 0 Å². The molecule has 1 aromatic carbocycles. The van der Waals surface area contributed by atoms with Crippen LogP contribution in [-0.2, 0) is 9.59 Å². The van der Waals surface area contributed by atoms with Crippen molar-refractivity contribution in [1.29, 1.82) is 0 Å². The number of rotatable bonds is 4. The van der Waals surface area contributed by atoms with E-state index in [2.05, 4.69) is 5.32 Å². The minimum atomic E-state index is -0.774. The monoisotopic (exact) mass is 322 g/mol. The molecule has 0 saturated heterocycles. The van der Waals surface area contributed by atoms with E-state index in [4.69, 9.17) is 10.5 Å². The highest BCUT2D eigenvalue weighted by molar-refractivity contribution is 5.95. The number of hydrogen-bond donors (Lipinski definition) is 2. The molecule has 0 heterocycles. The van der Waals surface area contributed by atoms with E-state index in [0.29, 0.717) is 0 Å². The first-order chi connectivity index (χ1) is 11.0. The van der Waals surface area contributed by atoms with Crippen LogP contribution in [0.4, 0.5) is 10.1 Å². The summed E-state index contributed by atoms with van der Waals surface area (Å²) in [5.41, 5.74) is 6.03. The molecule has 23 heavy (non-hydrogen) atoms. The minimum absolute atomic E-state index is 0.0298. The molecule has 0 bridgehead atoms. The number of carbonyl (C=O) groups excluding carboxylic acids is 2. The fourth-order valence-corrected chi connectivity index (χ4v) is 2.94. The molecule has 0 aliphatic heterocycles. The number of halogens is 1. The molecule has 1 atom stereocenters. The van der Waals surface area contributed by atoms with Crippen molar-refractivity contribution in [3.8, 4) is 5.75 Å². The summed E-state index contributed by atoms with van der Waals surface area (Å²) in [4.78, 5) is 23.2. The molecule has 1 aliphatic rings. The molecule has 3 N–H and O–H groups in total. The minimum Gasteiger partial charge on any atom is -0.423 e. The Morgan fingerprint density at radius 1 is 1.26 bits per heavy atom. The lowest BCUT2D eigenvalue weighted by atomic mass is 9.92. The van der Waals surface area contributed by atoms with Crippen molar-refractivity contribution in [3.63, 3.8) is 0 Å². The lowest BCUT2D eigenvalue weighted by Gasteiger charge is -2.21. The first-order valence-corrected chi connectivity index (χ1v) is 8.02. The number of ether oxygens (including phenoxy) is 1. The molecular weight excluding hydrogens is 299 g/mol. The summed E-state index contributed by atoms with van der Waals surface area (Å²) < 4.78 is 19.0. The van der Waals surface area contributed by atoms with Gasteiger partial charge in [-0.15, -0.1) is 0 Å². The van der Waals surface area contributed by atoms with Crippen molar-refractivity contribution in [2.24, 2.45) is 11.7 Å². The standard InChI is InChI=1S/C17H23FN2O3/c1-11(21)23-14-10-6-9-13(15(14)18)20-17(22)16(19)12-7-4-2-3-5-8-12/h6,9-10,12,16H,2-5,7-8,19H2,1H3,(H,20,22)/t16-/m0/s1. The quantitative estimate of drug-likeness (QED) is 0.507. The third-order valence-corrected chi connectivity index (χ3v) is 4.19. The second kappa shape index (κ2) is 8.06. The maximum atomic E-state index is 14.2. The molecule has 2 rings (SSSR count). The van der Waals surface area contributed by atoms with Crippen LogP contribution < -0.4 is 15.8 Å². The fourth-order valence-electron chi connectivity index (χ4n) is 2.94. The van der Waals surface area contributed by atoms with Gasteiger partial charge in [-0.3, -0.25) is 9.59 Å². The van der Waals surface area contributed by atoms with Crippen molar-refractivity contribution in [1.82, 2.24) is 0 Å². The molecule has 0 radical (unpaired) electrons.